The average Bonchev–Trinajstić information content (AvgIpc) is 3.37. The highest BCUT2D eigenvalue weighted by Crippen LogP contribution is 2.40. The highest BCUT2D eigenvalue weighted by atomic mass is 16.5. The number of rotatable bonds is 5. The summed E-state index contributed by atoms with van der Waals surface area (Å²) in [5.41, 5.74) is 2.02. The van der Waals surface area contributed by atoms with Crippen molar-refractivity contribution in [1.82, 2.24) is 9.88 Å². The van der Waals surface area contributed by atoms with Crippen molar-refractivity contribution in [2.75, 3.05) is 7.11 Å². The van der Waals surface area contributed by atoms with E-state index in [1.807, 2.05) is 6.92 Å². The van der Waals surface area contributed by atoms with E-state index in [1.165, 1.54) is 11.2 Å². The summed E-state index contributed by atoms with van der Waals surface area (Å²) < 4.78 is 10.8. The molecule has 7 heteroatoms. The summed E-state index contributed by atoms with van der Waals surface area (Å²) in [6.07, 6.45) is 4.71. The van der Waals surface area contributed by atoms with Gasteiger partial charge in [0, 0.05) is 24.5 Å². The van der Waals surface area contributed by atoms with Crippen molar-refractivity contribution >= 4 is 17.4 Å². The van der Waals surface area contributed by atoms with E-state index >= 15 is 0 Å². The first-order chi connectivity index (χ1) is 14.5. The predicted molar refractivity (Wildman–Crippen MR) is 109 cm³/mol. The summed E-state index contributed by atoms with van der Waals surface area (Å²) >= 11 is 0. The Balaban J connectivity index is 1.83. The van der Waals surface area contributed by atoms with Gasteiger partial charge in [0.2, 0.25) is 0 Å². The van der Waals surface area contributed by atoms with E-state index in [9.17, 15) is 14.7 Å². The molecule has 1 aromatic carbocycles. The van der Waals surface area contributed by atoms with Gasteiger partial charge in [-0.15, -0.1) is 0 Å². The first-order valence-electron chi connectivity index (χ1n) is 9.37. The van der Waals surface area contributed by atoms with Crippen molar-refractivity contribution in [3.63, 3.8) is 0 Å². The number of methoxy groups -OCH3 is 1. The molecule has 0 aliphatic carbocycles. The fourth-order valence-corrected chi connectivity index (χ4v) is 3.65. The molecule has 0 saturated carbocycles. The summed E-state index contributed by atoms with van der Waals surface area (Å²) in [4.78, 5) is 31.2. The van der Waals surface area contributed by atoms with E-state index in [4.69, 9.17) is 9.15 Å². The molecule has 4 rings (SSSR count). The van der Waals surface area contributed by atoms with E-state index in [2.05, 4.69) is 4.98 Å². The van der Waals surface area contributed by atoms with Crippen LogP contribution in [0.3, 0.4) is 0 Å². The number of ketones is 1. The molecule has 7 nitrogen and oxygen atoms in total. The van der Waals surface area contributed by atoms with Gasteiger partial charge in [-0.1, -0.05) is 0 Å². The van der Waals surface area contributed by atoms with E-state index < -0.39 is 17.7 Å². The topological polar surface area (TPSA) is 92.9 Å². The number of ether oxygens (including phenoxy) is 1. The molecule has 3 heterocycles. The van der Waals surface area contributed by atoms with Gasteiger partial charge in [0.15, 0.2) is 0 Å². The number of carbonyl (C=O) groups excluding carboxylic acids is 2. The molecule has 1 unspecified atom stereocenters. The van der Waals surface area contributed by atoms with E-state index in [0.29, 0.717) is 17.1 Å². The lowest BCUT2D eigenvalue weighted by atomic mass is 9.98. The van der Waals surface area contributed by atoms with Gasteiger partial charge in [-0.05, 0) is 60.5 Å². The molecule has 30 heavy (non-hydrogen) atoms. The second kappa shape index (κ2) is 7.87. The molecule has 1 aliphatic rings. The zero-order valence-corrected chi connectivity index (χ0v) is 16.5. The van der Waals surface area contributed by atoms with Gasteiger partial charge >= 0.3 is 0 Å². The maximum atomic E-state index is 12.9. The maximum Gasteiger partial charge on any atom is 0.296 e. The largest absolute Gasteiger partial charge is 0.507 e. The number of hydrogen-bond acceptors (Lipinski definition) is 6. The third kappa shape index (κ3) is 3.34. The number of aryl methyl sites for hydroxylation is 1. The summed E-state index contributed by atoms with van der Waals surface area (Å²) in [5, 5.41) is 11.0. The predicted octanol–water partition coefficient (Wildman–Crippen LogP) is 3.61. The minimum atomic E-state index is -0.837. The first kappa shape index (κ1) is 19.4. The molecular formula is C23H20N2O5. The minimum absolute atomic E-state index is 0.00595. The number of aliphatic hydroxyl groups is 1. The van der Waals surface area contributed by atoms with Gasteiger partial charge in [-0.3, -0.25) is 14.6 Å². The Hall–Kier alpha value is -3.87. The Morgan fingerprint density at radius 2 is 1.97 bits per heavy atom. The zero-order chi connectivity index (χ0) is 21.3. The Labute approximate surface area is 173 Å². The molecule has 1 amide bonds. The molecule has 1 aliphatic heterocycles. The van der Waals surface area contributed by atoms with E-state index in [0.717, 1.165) is 11.1 Å². The highest BCUT2D eigenvalue weighted by Gasteiger charge is 2.47. The van der Waals surface area contributed by atoms with Crippen LogP contribution in [0.25, 0.3) is 5.76 Å². The molecule has 1 N–H and O–H groups in total. The lowest BCUT2D eigenvalue weighted by molar-refractivity contribution is -0.140. The summed E-state index contributed by atoms with van der Waals surface area (Å²) in [5.74, 6) is -0.642. The van der Waals surface area contributed by atoms with Gasteiger partial charge in [0.25, 0.3) is 11.7 Å². The second-order valence-electron chi connectivity index (χ2n) is 6.98. The normalized spacial score (nSPS) is 18.1. The molecule has 1 saturated heterocycles. The number of pyridine rings is 1. The van der Waals surface area contributed by atoms with E-state index in [1.54, 1.807) is 62.0 Å². The number of carbonyl (C=O) groups is 2. The number of amides is 1. The van der Waals surface area contributed by atoms with Crippen molar-refractivity contribution in [3.8, 4) is 5.75 Å². The third-order valence-corrected chi connectivity index (χ3v) is 5.12. The number of aliphatic hydroxyl groups excluding tert-OH is 1. The lowest BCUT2D eigenvalue weighted by Gasteiger charge is -2.23. The molecule has 0 radical (unpaired) electrons. The first-order valence-corrected chi connectivity index (χ1v) is 9.37. The Morgan fingerprint density at radius 3 is 2.60 bits per heavy atom. The summed E-state index contributed by atoms with van der Waals surface area (Å²) in [6.45, 7) is 2.01. The van der Waals surface area contributed by atoms with Gasteiger partial charge in [-0.25, -0.2) is 0 Å². The lowest BCUT2D eigenvalue weighted by Crippen LogP contribution is -2.29. The molecule has 3 aromatic rings. The molecule has 1 fully saturated rings. The standard InChI is InChI=1S/C23H20N2O5/c1-14-12-16(5-6-17(14)29-2)21(26)19-20(18-4-3-11-30-18)25(23(28)22(19)27)13-15-7-9-24-10-8-15/h3-12,20,26H,13H2,1-2H3/b21-19-. The van der Waals surface area contributed by atoms with Gasteiger partial charge in [0.05, 0.1) is 18.9 Å². The quantitative estimate of drug-likeness (QED) is 0.397. The van der Waals surface area contributed by atoms with Crippen LogP contribution in [0.15, 0.2) is 71.1 Å². The molecule has 0 spiro atoms. The SMILES string of the molecule is COc1ccc(/C(O)=C2/C(=O)C(=O)N(Cc3ccncc3)C2c2ccco2)cc1C. The molecular weight excluding hydrogens is 384 g/mol. The minimum Gasteiger partial charge on any atom is -0.507 e. The fourth-order valence-electron chi connectivity index (χ4n) is 3.65. The van der Waals surface area contributed by atoms with E-state index in [-0.39, 0.29) is 17.9 Å². The van der Waals surface area contributed by atoms with Gasteiger partial charge < -0.3 is 19.2 Å². The summed E-state index contributed by atoms with van der Waals surface area (Å²) in [6, 6.07) is 11.1. The number of furan rings is 1. The van der Waals surface area contributed by atoms with Crippen LogP contribution in [0.1, 0.15) is 28.5 Å². The van der Waals surface area contributed by atoms with Crippen LogP contribution in [-0.4, -0.2) is 33.8 Å². The van der Waals surface area contributed by atoms with Crippen LogP contribution in [0, 0.1) is 6.92 Å². The van der Waals surface area contributed by atoms with Crippen LogP contribution in [0.5, 0.6) is 5.75 Å². The molecule has 0 bridgehead atoms. The highest BCUT2D eigenvalue weighted by molar-refractivity contribution is 6.46. The van der Waals surface area contributed by atoms with Crippen molar-refractivity contribution in [2.45, 2.75) is 19.5 Å². The van der Waals surface area contributed by atoms with Crippen LogP contribution < -0.4 is 4.74 Å². The van der Waals surface area contributed by atoms with Crippen molar-refractivity contribution in [2.24, 2.45) is 0 Å². The maximum absolute atomic E-state index is 12.9. The van der Waals surface area contributed by atoms with Crippen molar-refractivity contribution in [3.05, 3.63) is 89.1 Å². The van der Waals surface area contributed by atoms with Gasteiger partial charge in [-0.2, -0.15) is 0 Å². The second-order valence-corrected chi connectivity index (χ2v) is 6.98. The smallest absolute Gasteiger partial charge is 0.296 e. The Bertz CT molecular complexity index is 1120. The number of hydrogen-bond donors (Lipinski definition) is 1. The van der Waals surface area contributed by atoms with Crippen LogP contribution >= 0.6 is 0 Å². The molecule has 152 valence electrons. The molecule has 1 atom stereocenters. The van der Waals surface area contributed by atoms with Crippen LogP contribution in [-0.2, 0) is 16.1 Å². The fraction of sp³-hybridized carbons (Fsp3) is 0.174. The monoisotopic (exact) mass is 404 g/mol. The van der Waals surface area contributed by atoms with Crippen molar-refractivity contribution < 1.29 is 23.8 Å². The zero-order valence-electron chi connectivity index (χ0n) is 16.5. The van der Waals surface area contributed by atoms with Crippen LogP contribution in [0.2, 0.25) is 0 Å². The number of likely N-dealkylation sites (tertiary alicyclic amines) is 1. The van der Waals surface area contributed by atoms with Crippen molar-refractivity contribution in [1.29, 1.82) is 0 Å². The number of aromatic nitrogens is 1. The van der Waals surface area contributed by atoms with Crippen LogP contribution in [0.4, 0.5) is 0 Å². The number of nitrogens with zero attached hydrogens (tertiary/aromatic N) is 2. The Morgan fingerprint density at radius 1 is 1.20 bits per heavy atom. The van der Waals surface area contributed by atoms with Gasteiger partial charge in [0.1, 0.15) is 23.3 Å². The third-order valence-electron chi connectivity index (χ3n) is 5.12. The summed E-state index contributed by atoms with van der Waals surface area (Å²) in [7, 11) is 1.56. The Kier molecular flexibility index (Phi) is 5.10. The average molecular weight is 404 g/mol. The molecule has 2 aromatic heterocycles. The number of benzene rings is 1. The number of Topliss-reactive ketones (excluding diaryl/α,β-unsaturated/α-hetero) is 1.